The summed E-state index contributed by atoms with van der Waals surface area (Å²) in [6, 6.07) is 22.5. The third kappa shape index (κ3) is 7.98. The van der Waals surface area contributed by atoms with Crippen LogP contribution < -0.4 is 0 Å². The van der Waals surface area contributed by atoms with Gasteiger partial charge in [0.2, 0.25) is 0 Å². The van der Waals surface area contributed by atoms with E-state index in [-0.39, 0.29) is 12.6 Å². The topological polar surface area (TPSA) is 66.2 Å². The molecule has 0 unspecified atom stereocenters. The van der Waals surface area contributed by atoms with Crippen LogP contribution in [-0.4, -0.2) is 39.3 Å². The maximum Gasteiger partial charge on any atom is 0.332 e. The molecule has 0 radical (unpaired) electrons. The quantitative estimate of drug-likeness (QED) is 0.114. The summed E-state index contributed by atoms with van der Waals surface area (Å²) in [7, 11) is 0. The van der Waals surface area contributed by atoms with Gasteiger partial charge in [-0.2, -0.15) is 0 Å². The van der Waals surface area contributed by atoms with Crippen LogP contribution in [0.4, 0.5) is 0 Å². The van der Waals surface area contributed by atoms with Crippen LogP contribution in [0.2, 0.25) is 0 Å². The van der Waals surface area contributed by atoms with Gasteiger partial charge in [-0.25, -0.2) is 9.78 Å². The molecule has 2 aromatic heterocycles. The minimum absolute atomic E-state index is 0.0251. The second-order valence-electron chi connectivity index (χ2n) is 10.5. The lowest BCUT2D eigenvalue weighted by Gasteiger charge is -2.19. The molecule has 0 aliphatic heterocycles. The molecule has 0 amide bonds. The predicted molar refractivity (Wildman–Crippen MR) is 156 cm³/mol. The van der Waals surface area contributed by atoms with Crippen molar-refractivity contribution in [2.75, 3.05) is 13.2 Å². The lowest BCUT2D eigenvalue weighted by molar-refractivity contribution is -0.160. The SMILES string of the molecule is C=CCc1cc(CCCCOCC(=O)OC(C)(C)C)n(-c2cnc(-c3ccccc3)c(-c3ccccc3)n2)c1. The van der Waals surface area contributed by atoms with Crippen molar-refractivity contribution >= 4 is 5.97 Å². The molecule has 2 aromatic carbocycles. The molecule has 0 fully saturated rings. The van der Waals surface area contributed by atoms with E-state index >= 15 is 0 Å². The van der Waals surface area contributed by atoms with Crippen LogP contribution in [0, 0.1) is 0 Å². The van der Waals surface area contributed by atoms with Gasteiger partial charge in [-0.1, -0.05) is 66.7 Å². The maximum absolute atomic E-state index is 11.9. The van der Waals surface area contributed by atoms with Gasteiger partial charge in [0.1, 0.15) is 12.2 Å². The second kappa shape index (κ2) is 13.2. The molecule has 202 valence electrons. The summed E-state index contributed by atoms with van der Waals surface area (Å²) in [5, 5.41) is 0. The fourth-order valence-electron chi connectivity index (χ4n) is 4.39. The number of nitrogens with zero attached hydrogens (tertiary/aromatic N) is 3. The minimum Gasteiger partial charge on any atom is -0.458 e. The first kappa shape index (κ1) is 28.0. The normalized spacial score (nSPS) is 11.4. The van der Waals surface area contributed by atoms with E-state index in [0.29, 0.717) is 6.61 Å². The highest BCUT2D eigenvalue weighted by molar-refractivity contribution is 5.78. The molecule has 4 aromatic rings. The van der Waals surface area contributed by atoms with Gasteiger partial charge < -0.3 is 14.0 Å². The number of aromatic nitrogens is 3. The van der Waals surface area contributed by atoms with Crippen LogP contribution >= 0.6 is 0 Å². The van der Waals surface area contributed by atoms with Gasteiger partial charge in [0.05, 0.1) is 17.6 Å². The molecule has 2 heterocycles. The number of hydrogen-bond acceptors (Lipinski definition) is 5. The Balaban J connectivity index is 1.52. The molecule has 6 heteroatoms. The number of ether oxygens (including phenoxy) is 2. The third-order valence-corrected chi connectivity index (χ3v) is 6.05. The number of benzene rings is 2. The highest BCUT2D eigenvalue weighted by Crippen LogP contribution is 2.30. The largest absolute Gasteiger partial charge is 0.458 e. The van der Waals surface area contributed by atoms with Crippen molar-refractivity contribution in [1.29, 1.82) is 0 Å². The fourth-order valence-corrected chi connectivity index (χ4v) is 4.39. The Hall–Kier alpha value is -4.03. The predicted octanol–water partition coefficient (Wildman–Crippen LogP) is 7.01. The van der Waals surface area contributed by atoms with Crippen LogP contribution in [-0.2, 0) is 27.1 Å². The monoisotopic (exact) mass is 523 g/mol. The van der Waals surface area contributed by atoms with Gasteiger partial charge in [-0.05, 0) is 58.1 Å². The average Bonchev–Trinajstić information content (AvgIpc) is 3.33. The zero-order valence-corrected chi connectivity index (χ0v) is 23.1. The van der Waals surface area contributed by atoms with Crippen molar-refractivity contribution in [2.24, 2.45) is 0 Å². The van der Waals surface area contributed by atoms with Crippen molar-refractivity contribution in [3.05, 3.63) is 103 Å². The van der Waals surface area contributed by atoms with E-state index in [2.05, 4.69) is 47.7 Å². The van der Waals surface area contributed by atoms with Gasteiger partial charge in [-0.15, -0.1) is 6.58 Å². The molecular weight excluding hydrogens is 486 g/mol. The van der Waals surface area contributed by atoms with Crippen LogP contribution in [0.15, 0.2) is 91.8 Å². The van der Waals surface area contributed by atoms with E-state index in [9.17, 15) is 4.79 Å². The summed E-state index contributed by atoms with van der Waals surface area (Å²) in [4.78, 5) is 21.9. The van der Waals surface area contributed by atoms with E-state index in [1.165, 1.54) is 5.56 Å². The van der Waals surface area contributed by atoms with Crippen LogP contribution in [0.5, 0.6) is 0 Å². The van der Waals surface area contributed by atoms with Crippen molar-refractivity contribution in [1.82, 2.24) is 14.5 Å². The standard InChI is InChI=1S/C33H37N3O3/c1-5-14-25-21-28(19-12-13-20-38-24-30(37)39-33(2,3)4)36(23-25)29-22-34-31(26-15-8-6-9-16-26)32(35-29)27-17-10-7-11-18-27/h5-11,15-18,21-23H,1,12-14,19-20,24H2,2-4H3. The van der Waals surface area contributed by atoms with Crippen molar-refractivity contribution < 1.29 is 14.3 Å². The number of unbranched alkanes of at least 4 members (excludes halogenated alkanes) is 1. The summed E-state index contributed by atoms with van der Waals surface area (Å²) in [6.07, 6.45) is 9.24. The van der Waals surface area contributed by atoms with E-state index in [1.54, 1.807) is 0 Å². The summed E-state index contributed by atoms with van der Waals surface area (Å²) in [5.74, 6) is 0.442. The lowest BCUT2D eigenvalue weighted by atomic mass is 10.0. The zero-order chi connectivity index (χ0) is 27.7. The molecule has 0 N–H and O–H groups in total. The van der Waals surface area contributed by atoms with Gasteiger partial charge >= 0.3 is 5.97 Å². The molecule has 0 saturated carbocycles. The van der Waals surface area contributed by atoms with E-state index < -0.39 is 5.60 Å². The van der Waals surface area contributed by atoms with Crippen LogP contribution in [0.3, 0.4) is 0 Å². The maximum atomic E-state index is 11.9. The van der Waals surface area contributed by atoms with Crippen molar-refractivity contribution in [3.63, 3.8) is 0 Å². The number of carbonyl (C=O) groups excluding carboxylic acids is 1. The molecule has 0 atom stereocenters. The molecule has 6 nitrogen and oxygen atoms in total. The first-order valence-electron chi connectivity index (χ1n) is 13.4. The Kier molecular flexibility index (Phi) is 9.45. The van der Waals surface area contributed by atoms with Crippen molar-refractivity contribution in [3.8, 4) is 28.3 Å². The average molecular weight is 524 g/mol. The van der Waals surface area contributed by atoms with Gasteiger partial charge in [-0.3, -0.25) is 4.98 Å². The van der Waals surface area contributed by atoms with E-state index in [1.807, 2.05) is 69.4 Å². The lowest BCUT2D eigenvalue weighted by Crippen LogP contribution is -2.26. The Morgan fingerprint density at radius 1 is 0.974 bits per heavy atom. The Morgan fingerprint density at radius 2 is 1.64 bits per heavy atom. The van der Waals surface area contributed by atoms with Gasteiger partial charge in [0, 0.05) is 29.6 Å². The molecule has 39 heavy (non-hydrogen) atoms. The Morgan fingerprint density at radius 3 is 2.28 bits per heavy atom. The molecule has 0 saturated heterocycles. The molecular formula is C33H37N3O3. The third-order valence-electron chi connectivity index (χ3n) is 6.05. The molecule has 4 rings (SSSR count). The number of carbonyl (C=O) groups is 1. The molecule has 0 aliphatic rings. The summed E-state index contributed by atoms with van der Waals surface area (Å²) in [6.45, 7) is 9.94. The van der Waals surface area contributed by atoms with E-state index in [4.69, 9.17) is 19.4 Å². The highest BCUT2D eigenvalue weighted by atomic mass is 16.6. The number of rotatable bonds is 12. The molecule has 0 spiro atoms. The van der Waals surface area contributed by atoms with Crippen LogP contribution in [0.25, 0.3) is 28.3 Å². The first-order chi connectivity index (χ1) is 18.8. The molecule has 0 bridgehead atoms. The summed E-state index contributed by atoms with van der Waals surface area (Å²) < 4.78 is 13.0. The fraction of sp³-hybridized carbons (Fsp3) is 0.303. The zero-order valence-electron chi connectivity index (χ0n) is 23.1. The van der Waals surface area contributed by atoms with E-state index in [0.717, 1.165) is 59.7 Å². The Labute approximate surface area is 231 Å². The number of aryl methyl sites for hydroxylation is 1. The Bertz CT molecular complexity index is 1370. The number of hydrogen-bond donors (Lipinski definition) is 0. The van der Waals surface area contributed by atoms with Gasteiger partial charge in [0.15, 0.2) is 5.82 Å². The highest BCUT2D eigenvalue weighted by Gasteiger charge is 2.17. The van der Waals surface area contributed by atoms with Crippen molar-refractivity contribution in [2.45, 2.75) is 52.1 Å². The molecule has 0 aliphatic carbocycles. The minimum atomic E-state index is -0.502. The van der Waals surface area contributed by atoms with Crippen LogP contribution in [0.1, 0.15) is 44.9 Å². The summed E-state index contributed by atoms with van der Waals surface area (Å²) >= 11 is 0. The number of allylic oxidation sites excluding steroid dienone is 1. The first-order valence-corrected chi connectivity index (χ1v) is 13.4. The van der Waals surface area contributed by atoms with Gasteiger partial charge in [0.25, 0.3) is 0 Å². The summed E-state index contributed by atoms with van der Waals surface area (Å²) in [5.41, 5.74) is 5.58. The number of esters is 1. The second-order valence-corrected chi connectivity index (χ2v) is 10.5. The smallest absolute Gasteiger partial charge is 0.332 e.